The molecule has 0 spiro atoms. The van der Waals surface area contributed by atoms with Gasteiger partial charge in [0, 0.05) is 0 Å². The highest BCUT2D eigenvalue weighted by atomic mass is 16.4. The molecule has 0 aromatic carbocycles. The van der Waals surface area contributed by atoms with E-state index in [1.54, 1.807) is 20.8 Å². The van der Waals surface area contributed by atoms with Crippen LogP contribution < -0.4 is 5.84 Å². The Morgan fingerprint density at radius 1 is 1.17 bits per heavy atom. The van der Waals surface area contributed by atoms with Gasteiger partial charge in [-0.15, -0.1) is 0 Å². The van der Waals surface area contributed by atoms with E-state index < -0.39 is 42.5 Å². The summed E-state index contributed by atoms with van der Waals surface area (Å²) in [5.41, 5.74) is -0.779. The molecular weight excluding hydrogens is 244 g/mol. The SMILES string of the molecule is CC(C)(C)N(N)C(=O)[C@H](O)[C@@H](O)[C@H](O)[C@H](O)CO. The minimum absolute atomic E-state index is 0.721. The van der Waals surface area contributed by atoms with Gasteiger partial charge in [-0.2, -0.15) is 0 Å². The quantitative estimate of drug-likeness (QED) is 0.176. The normalized spacial score (nSPS) is 18.9. The zero-order chi connectivity index (χ0) is 14.7. The predicted molar refractivity (Wildman–Crippen MR) is 61.9 cm³/mol. The lowest BCUT2D eigenvalue weighted by Crippen LogP contribution is -2.59. The van der Waals surface area contributed by atoms with Gasteiger partial charge in [0.05, 0.1) is 12.1 Å². The maximum atomic E-state index is 11.7. The van der Waals surface area contributed by atoms with Crippen molar-refractivity contribution in [3.63, 3.8) is 0 Å². The number of aliphatic hydroxyl groups is 5. The molecule has 108 valence electrons. The molecule has 0 aromatic heterocycles. The van der Waals surface area contributed by atoms with Gasteiger partial charge in [0.1, 0.15) is 18.3 Å². The highest BCUT2D eigenvalue weighted by molar-refractivity contribution is 5.81. The highest BCUT2D eigenvalue weighted by Gasteiger charge is 2.38. The lowest BCUT2D eigenvalue weighted by molar-refractivity contribution is -0.163. The number of hydrogen-bond acceptors (Lipinski definition) is 7. The Morgan fingerprint density at radius 2 is 1.61 bits per heavy atom. The second kappa shape index (κ2) is 6.41. The summed E-state index contributed by atoms with van der Waals surface area (Å²) in [5, 5.41) is 46.8. The summed E-state index contributed by atoms with van der Waals surface area (Å²) in [4.78, 5) is 11.7. The molecule has 7 N–H and O–H groups in total. The first-order valence-corrected chi connectivity index (χ1v) is 5.46. The van der Waals surface area contributed by atoms with Crippen molar-refractivity contribution in [2.45, 2.75) is 50.7 Å². The Morgan fingerprint density at radius 3 is 1.94 bits per heavy atom. The number of rotatable bonds is 5. The third-order valence-corrected chi connectivity index (χ3v) is 2.47. The van der Waals surface area contributed by atoms with E-state index in [1.165, 1.54) is 0 Å². The van der Waals surface area contributed by atoms with Crippen molar-refractivity contribution in [3.05, 3.63) is 0 Å². The average molecular weight is 266 g/mol. The number of carbonyl (C=O) groups is 1. The number of aliphatic hydroxyl groups excluding tert-OH is 5. The summed E-state index contributed by atoms with van der Waals surface area (Å²) in [6.45, 7) is 4.03. The number of amides is 1. The first-order chi connectivity index (χ1) is 8.03. The molecule has 8 nitrogen and oxygen atoms in total. The smallest absolute Gasteiger partial charge is 0.268 e. The fourth-order valence-corrected chi connectivity index (χ4v) is 1.14. The Bertz CT molecular complexity index is 280. The predicted octanol–water partition coefficient (Wildman–Crippen LogP) is -3.08. The molecule has 0 saturated heterocycles. The molecule has 0 radical (unpaired) electrons. The minimum Gasteiger partial charge on any atom is -0.394 e. The van der Waals surface area contributed by atoms with Crippen molar-refractivity contribution in [1.82, 2.24) is 5.01 Å². The first kappa shape index (κ1) is 17.2. The second-order valence-corrected chi connectivity index (χ2v) is 5.06. The molecule has 0 aromatic rings. The standard InChI is InChI=1S/C10H22N2O6/c1-10(2,3)12(11)9(18)8(17)7(16)6(15)5(14)4-13/h5-8,13-17H,4,11H2,1-3H3/t5-,6-,7+,8-/m1/s1. The van der Waals surface area contributed by atoms with Crippen LogP contribution in [0, 0.1) is 0 Å². The number of carbonyl (C=O) groups excluding carboxylic acids is 1. The monoisotopic (exact) mass is 266 g/mol. The second-order valence-electron chi connectivity index (χ2n) is 5.06. The van der Waals surface area contributed by atoms with E-state index in [9.17, 15) is 20.1 Å². The van der Waals surface area contributed by atoms with Crippen LogP contribution in [0.3, 0.4) is 0 Å². The Hall–Kier alpha value is -0.770. The first-order valence-electron chi connectivity index (χ1n) is 5.46. The fraction of sp³-hybridized carbons (Fsp3) is 0.900. The van der Waals surface area contributed by atoms with E-state index in [0.29, 0.717) is 0 Å². The van der Waals surface area contributed by atoms with Crippen LogP contribution in [-0.4, -0.2) is 73.0 Å². The van der Waals surface area contributed by atoms with Crippen LogP contribution >= 0.6 is 0 Å². The van der Waals surface area contributed by atoms with Crippen LogP contribution in [0.2, 0.25) is 0 Å². The van der Waals surface area contributed by atoms with Crippen LogP contribution in [0.4, 0.5) is 0 Å². The van der Waals surface area contributed by atoms with Crippen molar-refractivity contribution >= 4 is 5.91 Å². The third kappa shape index (κ3) is 4.16. The Labute approximate surface area is 105 Å². The molecule has 0 heterocycles. The van der Waals surface area contributed by atoms with Crippen molar-refractivity contribution in [2.24, 2.45) is 5.84 Å². The van der Waals surface area contributed by atoms with Crippen LogP contribution in [0.1, 0.15) is 20.8 Å². The number of hydrazine groups is 1. The third-order valence-electron chi connectivity index (χ3n) is 2.47. The molecule has 4 atom stereocenters. The molecule has 18 heavy (non-hydrogen) atoms. The lowest BCUT2D eigenvalue weighted by Gasteiger charge is -2.34. The topological polar surface area (TPSA) is 147 Å². The number of nitrogens with two attached hydrogens (primary N) is 1. The molecule has 0 unspecified atom stereocenters. The van der Waals surface area contributed by atoms with Crippen molar-refractivity contribution < 1.29 is 30.3 Å². The van der Waals surface area contributed by atoms with Gasteiger partial charge in [-0.3, -0.25) is 9.80 Å². The maximum Gasteiger partial charge on any atom is 0.268 e. The van der Waals surface area contributed by atoms with Gasteiger partial charge < -0.3 is 25.5 Å². The molecule has 1 amide bonds. The molecule has 0 fully saturated rings. The summed E-state index contributed by atoms with van der Waals surface area (Å²) in [6.07, 6.45) is -7.47. The fourth-order valence-electron chi connectivity index (χ4n) is 1.14. The largest absolute Gasteiger partial charge is 0.394 e. The van der Waals surface area contributed by atoms with Gasteiger partial charge in [-0.05, 0) is 20.8 Å². The van der Waals surface area contributed by atoms with E-state index in [-0.39, 0.29) is 0 Å². The van der Waals surface area contributed by atoms with Crippen LogP contribution in [-0.2, 0) is 4.79 Å². The Kier molecular flexibility index (Phi) is 6.14. The molecule has 0 bridgehead atoms. The molecular formula is C10H22N2O6. The molecule has 0 aliphatic rings. The summed E-state index contributed by atoms with van der Waals surface area (Å²) in [7, 11) is 0. The van der Waals surface area contributed by atoms with E-state index in [1.807, 2.05) is 0 Å². The van der Waals surface area contributed by atoms with Crippen molar-refractivity contribution in [2.75, 3.05) is 6.61 Å². The van der Waals surface area contributed by atoms with Gasteiger partial charge in [0.25, 0.3) is 5.91 Å². The van der Waals surface area contributed by atoms with Gasteiger partial charge >= 0.3 is 0 Å². The van der Waals surface area contributed by atoms with E-state index >= 15 is 0 Å². The van der Waals surface area contributed by atoms with E-state index in [4.69, 9.17) is 16.1 Å². The van der Waals surface area contributed by atoms with E-state index in [2.05, 4.69) is 0 Å². The minimum atomic E-state index is -1.99. The summed E-state index contributed by atoms with van der Waals surface area (Å²) in [6, 6.07) is 0. The molecule has 0 rings (SSSR count). The van der Waals surface area contributed by atoms with Gasteiger partial charge in [-0.1, -0.05) is 0 Å². The zero-order valence-corrected chi connectivity index (χ0v) is 10.7. The lowest BCUT2D eigenvalue weighted by atomic mass is 10.0. The number of nitrogens with zero attached hydrogens (tertiary/aromatic N) is 1. The van der Waals surface area contributed by atoms with Crippen LogP contribution in [0.15, 0.2) is 0 Å². The summed E-state index contributed by atoms with van der Waals surface area (Å²) >= 11 is 0. The summed E-state index contributed by atoms with van der Waals surface area (Å²) < 4.78 is 0. The van der Waals surface area contributed by atoms with Gasteiger partial charge in [0.15, 0.2) is 6.10 Å². The summed E-state index contributed by atoms with van der Waals surface area (Å²) in [5.74, 6) is 4.46. The van der Waals surface area contributed by atoms with Gasteiger partial charge in [0.2, 0.25) is 0 Å². The molecule has 0 saturated carbocycles. The van der Waals surface area contributed by atoms with Crippen molar-refractivity contribution in [1.29, 1.82) is 0 Å². The van der Waals surface area contributed by atoms with Crippen molar-refractivity contribution in [3.8, 4) is 0 Å². The highest BCUT2D eigenvalue weighted by Crippen LogP contribution is 2.13. The zero-order valence-electron chi connectivity index (χ0n) is 10.7. The van der Waals surface area contributed by atoms with Crippen LogP contribution in [0.5, 0.6) is 0 Å². The van der Waals surface area contributed by atoms with Crippen LogP contribution in [0.25, 0.3) is 0 Å². The number of hydrogen-bond donors (Lipinski definition) is 6. The van der Waals surface area contributed by atoms with Gasteiger partial charge in [-0.25, -0.2) is 5.84 Å². The van der Waals surface area contributed by atoms with E-state index in [0.717, 1.165) is 5.01 Å². The molecule has 8 heteroatoms. The maximum absolute atomic E-state index is 11.7. The molecule has 0 aliphatic heterocycles. The Balaban J connectivity index is 4.74. The average Bonchev–Trinajstić information content (AvgIpc) is 2.31. The molecule has 0 aliphatic carbocycles.